The summed E-state index contributed by atoms with van der Waals surface area (Å²) in [5.41, 5.74) is -0.371. The van der Waals surface area contributed by atoms with E-state index in [2.05, 4.69) is 5.32 Å². The summed E-state index contributed by atoms with van der Waals surface area (Å²) in [5, 5.41) is 23.9. The summed E-state index contributed by atoms with van der Waals surface area (Å²) in [5.74, 6) is -0.574. The van der Waals surface area contributed by atoms with Crippen LogP contribution in [0.3, 0.4) is 0 Å². The zero-order chi connectivity index (χ0) is 15.4. The van der Waals surface area contributed by atoms with Gasteiger partial charge in [-0.1, -0.05) is 30.9 Å². The number of amides is 1. The number of halogens is 1. The van der Waals surface area contributed by atoms with Crippen LogP contribution in [0.5, 0.6) is 0 Å². The molecule has 2 rings (SSSR count). The average Bonchev–Trinajstić information content (AvgIpc) is 2.63. The van der Waals surface area contributed by atoms with Crippen molar-refractivity contribution in [1.82, 2.24) is 5.32 Å². The van der Waals surface area contributed by atoms with E-state index in [1.165, 1.54) is 18.2 Å². The van der Waals surface area contributed by atoms with Crippen molar-refractivity contribution in [3.05, 3.63) is 38.9 Å². The molecular weight excluding hydrogens is 296 g/mol. The average molecular weight is 313 g/mol. The van der Waals surface area contributed by atoms with E-state index >= 15 is 0 Å². The Labute approximate surface area is 127 Å². The van der Waals surface area contributed by atoms with Gasteiger partial charge in [0.25, 0.3) is 11.6 Å². The quantitative estimate of drug-likeness (QED) is 0.510. The summed E-state index contributed by atoms with van der Waals surface area (Å²) >= 11 is 5.81. The molecule has 1 aromatic carbocycles. The van der Waals surface area contributed by atoms with E-state index in [-0.39, 0.29) is 22.3 Å². The zero-order valence-electron chi connectivity index (χ0n) is 11.4. The summed E-state index contributed by atoms with van der Waals surface area (Å²) < 4.78 is 0. The number of nitrogens with zero attached hydrogens (tertiary/aromatic N) is 1. The molecule has 0 aromatic heterocycles. The van der Waals surface area contributed by atoms with Crippen LogP contribution < -0.4 is 5.32 Å². The highest BCUT2D eigenvalue weighted by Gasteiger charge is 2.27. The van der Waals surface area contributed by atoms with E-state index < -0.39 is 16.9 Å². The molecule has 2 unspecified atom stereocenters. The molecular formula is C14H17ClN2O4. The van der Waals surface area contributed by atoms with Gasteiger partial charge in [0.05, 0.1) is 17.1 Å². The molecule has 0 aliphatic heterocycles. The van der Waals surface area contributed by atoms with Gasteiger partial charge in [-0.2, -0.15) is 0 Å². The van der Waals surface area contributed by atoms with Crippen LogP contribution in [0.4, 0.5) is 5.69 Å². The highest BCUT2D eigenvalue weighted by molar-refractivity contribution is 6.31. The predicted octanol–water partition coefficient (Wildman–Crippen LogP) is 2.67. The van der Waals surface area contributed by atoms with Crippen molar-refractivity contribution in [1.29, 1.82) is 0 Å². The van der Waals surface area contributed by atoms with Crippen molar-refractivity contribution >= 4 is 23.2 Å². The Morgan fingerprint density at radius 3 is 2.76 bits per heavy atom. The van der Waals surface area contributed by atoms with Gasteiger partial charge < -0.3 is 10.4 Å². The number of nitro groups is 1. The Morgan fingerprint density at radius 1 is 1.33 bits per heavy atom. The van der Waals surface area contributed by atoms with E-state index in [4.69, 9.17) is 11.6 Å². The van der Waals surface area contributed by atoms with Gasteiger partial charge in [-0.3, -0.25) is 14.9 Å². The molecule has 1 amide bonds. The molecule has 0 heterocycles. The second-order valence-electron chi connectivity index (χ2n) is 5.20. The van der Waals surface area contributed by atoms with Crippen molar-refractivity contribution in [3.8, 4) is 0 Å². The van der Waals surface area contributed by atoms with Crippen LogP contribution in [0.25, 0.3) is 0 Å². The summed E-state index contributed by atoms with van der Waals surface area (Å²) in [6.45, 7) is 0. The van der Waals surface area contributed by atoms with Crippen LogP contribution in [-0.2, 0) is 0 Å². The maximum Gasteiger partial charge on any atom is 0.282 e. The number of rotatable bonds is 3. The lowest BCUT2D eigenvalue weighted by Gasteiger charge is -2.21. The number of aliphatic hydroxyl groups is 1. The number of aliphatic hydroxyl groups excluding tert-OH is 1. The van der Waals surface area contributed by atoms with E-state index in [1.54, 1.807) is 0 Å². The number of carbonyl (C=O) groups excluding carboxylic acids is 1. The number of carbonyl (C=O) groups is 1. The Morgan fingerprint density at radius 2 is 2.05 bits per heavy atom. The highest BCUT2D eigenvalue weighted by atomic mass is 35.5. The van der Waals surface area contributed by atoms with Gasteiger partial charge in [-0.25, -0.2) is 0 Å². The predicted molar refractivity (Wildman–Crippen MR) is 78.5 cm³/mol. The summed E-state index contributed by atoms with van der Waals surface area (Å²) in [4.78, 5) is 22.6. The fourth-order valence-electron chi connectivity index (χ4n) is 2.55. The van der Waals surface area contributed by atoms with Gasteiger partial charge in [0.2, 0.25) is 0 Å². The van der Waals surface area contributed by atoms with Gasteiger partial charge in [0.1, 0.15) is 5.56 Å². The number of hydrogen-bond acceptors (Lipinski definition) is 4. The minimum absolute atomic E-state index is 0.0797. The monoisotopic (exact) mass is 312 g/mol. The second kappa shape index (κ2) is 6.87. The molecule has 0 spiro atoms. The van der Waals surface area contributed by atoms with Crippen LogP contribution in [0.1, 0.15) is 42.5 Å². The van der Waals surface area contributed by atoms with Crippen molar-refractivity contribution in [2.45, 2.75) is 44.2 Å². The maximum atomic E-state index is 12.3. The molecule has 6 nitrogen and oxygen atoms in total. The first-order chi connectivity index (χ1) is 9.99. The third-order valence-electron chi connectivity index (χ3n) is 3.70. The van der Waals surface area contributed by atoms with Gasteiger partial charge in [0, 0.05) is 11.1 Å². The van der Waals surface area contributed by atoms with E-state index in [0.29, 0.717) is 12.8 Å². The summed E-state index contributed by atoms with van der Waals surface area (Å²) in [6.07, 6.45) is 3.53. The van der Waals surface area contributed by atoms with Gasteiger partial charge in [-0.05, 0) is 25.0 Å². The lowest BCUT2D eigenvalue weighted by atomic mass is 10.0. The topological polar surface area (TPSA) is 92.5 Å². The maximum absolute atomic E-state index is 12.3. The van der Waals surface area contributed by atoms with Crippen LogP contribution in [0.15, 0.2) is 18.2 Å². The third-order valence-corrected chi connectivity index (χ3v) is 3.93. The molecule has 114 valence electrons. The van der Waals surface area contributed by atoms with Crippen LogP contribution in [0, 0.1) is 10.1 Å². The molecule has 1 aromatic rings. The molecule has 1 fully saturated rings. The fraction of sp³-hybridized carbons (Fsp3) is 0.500. The summed E-state index contributed by atoms with van der Waals surface area (Å²) in [7, 11) is 0. The SMILES string of the molecule is O=C(NC1CCCCCC1O)c1cc(Cl)ccc1[N+](=O)[O-]. The zero-order valence-corrected chi connectivity index (χ0v) is 12.2. The first-order valence-electron chi connectivity index (χ1n) is 6.92. The molecule has 2 atom stereocenters. The molecule has 1 aliphatic rings. The molecule has 0 bridgehead atoms. The van der Waals surface area contributed by atoms with E-state index in [1.807, 2.05) is 0 Å². The first-order valence-corrected chi connectivity index (χ1v) is 7.29. The molecule has 0 radical (unpaired) electrons. The number of nitrogens with one attached hydrogen (secondary N) is 1. The lowest BCUT2D eigenvalue weighted by Crippen LogP contribution is -2.42. The molecule has 1 aliphatic carbocycles. The van der Waals surface area contributed by atoms with Gasteiger partial charge in [-0.15, -0.1) is 0 Å². The molecule has 0 saturated heterocycles. The Hall–Kier alpha value is -1.66. The minimum Gasteiger partial charge on any atom is -0.391 e. The second-order valence-corrected chi connectivity index (χ2v) is 5.64. The van der Waals surface area contributed by atoms with Crippen molar-refractivity contribution in [2.24, 2.45) is 0 Å². The Bertz CT molecular complexity index is 550. The van der Waals surface area contributed by atoms with Crippen molar-refractivity contribution in [2.75, 3.05) is 0 Å². The van der Waals surface area contributed by atoms with Gasteiger partial charge >= 0.3 is 0 Å². The third kappa shape index (κ3) is 3.92. The van der Waals surface area contributed by atoms with Crippen LogP contribution in [-0.4, -0.2) is 28.1 Å². The van der Waals surface area contributed by atoms with Gasteiger partial charge in [0.15, 0.2) is 0 Å². The molecule has 7 heteroatoms. The first kappa shape index (κ1) is 15.7. The number of hydrogen-bond donors (Lipinski definition) is 2. The number of nitro benzene ring substituents is 1. The number of benzene rings is 1. The van der Waals surface area contributed by atoms with E-state index in [0.717, 1.165) is 19.3 Å². The molecule has 21 heavy (non-hydrogen) atoms. The largest absolute Gasteiger partial charge is 0.391 e. The van der Waals surface area contributed by atoms with Crippen molar-refractivity contribution in [3.63, 3.8) is 0 Å². The molecule has 2 N–H and O–H groups in total. The van der Waals surface area contributed by atoms with Crippen molar-refractivity contribution < 1.29 is 14.8 Å². The van der Waals surface area contributed by atoms with Crippen LogP contribution >= 0.6 is 11.6 Å². The van der Waals surface area contributed by atoms with E-state index in [9.17, 15) is 20.0 Å². The van der Waals surface area contributed by atoms with Crippen LogP contribution in [0.2, 0.25) is 5.02 Å². The Balaban J connectivity index is 2.19. The highest BCUT2D eigenvalue weighted by Crippen LogP contribution is 2.24. The minimum atomic E-state index is -0.616. The Kier molecular flexibility index (Phi) is 5.14. The lowest BCUT2D eigenvalue weighted by molar-refractivity contribution is -0.385. The fourth-order valence-corrected chi connectivity index (χ4v) is 2.72. The molecule has 1 saturated carbocycles. The standard InChI is InChI=1S/C14H17ClN2O4/c15-9-6-7-12(17(20)21)10(8-9)14(19)16-11-4-2-1-3-5-13(11)18/h6-8,11,13,18H,1-5H2,(H,16,19). The smallest absolute Gasteiger partial charge is 0.282 e. The summed E-state index contributed by atoms with van der Waals surface area (Å²) in [6, 6.07) is 3.48. The normalized spacial score (nSPS) is 22.4.